The fraction of sp³-hybridized carbons (Fsp3) is 0.312. The number of halogens is 1. The van der Waals surface area contributed by atoms with Gasteiger partial charge in [-0.2, -0.15) is 0 Å². The molecule has 22 heavy (non-hydrogen) atoms. The fourth-order valence-corrected chi connectivity index (χ4v) is 2.36. The summed E-state index contributed by atoms with van der Waals surface area (Å²) in [6.45, 7) is 7.80. The first-order chi connectivity index (χ1) is 10.2. The van der Waals surface area contributed by atoms with Crippen LogP contribution in [-0.2, 0) is 0 Å². The van der Waals surface area contributed by atoms with Crippen LogP contribution in [0.4, 0.5) is 11.6 Å². The van der Waals surface area contributed by atoms with Crippen molar-refractivity contribution < 1.29 is 4.79 Å². The van der Waals surface area contributed by atoms with Crippen LogP contribution in [0.2, 0.25) is 0 Å². The monoisotopic (exact) mass is 362 g/mol. The summed E-state index contributed by atoms with van der Waals surface area (Å²) in [5.41, 5.74) is 2.18. The number of hydrogen-bond donors (Lipinski definition) is 2. The van der Waals surface area contributed by atoms with Crippen molar-refractivity contribution in [1.82, 2.24) is 15.3 Å². The van der Waals surface area contributed by atoms with Crippen LogP contribution in [0.1, 0.15) is 36.7 Å². The van der Waals surface area contributed by atoms with Gasteiger partial charge in [0.25, 0.3) is 5.91 Å². The maximum absolute atomic E-state index is 12.0. The van der Waals surface area contributed by atoms with Crippen molar-refractivity contribution in [3.8, 4) is 0 Å². The SMILES string of the molecule is Cc1ccc(Nc2ncc(C(=O)NC(C)(C)C)cn2)c(Br)c1. The van der Waals surface area contributed by atoms with Crippen molar-refractivity contribution in [3.05, 3.63) is 46.2 Å². The van der Waals surface area contributed by atoms with Gasteiger partial charge in [-0.1, -0.05) is 6.07 Å². The molecule has 5 nitrogen and oxygen atoms in total. The van der Waals surface area contributed by atoms with Gasteiger partial charge in [-0.25, -0.2) is 9.97 Å². The van der Waals surface area contributed by atoms with Crippen molar-refractivity contribution in [3.63, 3.8) is 0 Å². The molecule has 0 bridgehead atoms. The third-order valence-electron chi connectivity index (χ3n) is 2.77. The molecule has 1 amide bonds. The van der Waals surface area contributed by atoms with Crippen LogP contribution in [0.3, 0.4) is 0 Å². The van der Waals surface area contributed by atoms with Crippen LogP contribution in [-0.4, -0.2) is 21.4 Å². The smallest absolute Gasteiger partial charge is 0.254 e. The maximum atomic E-state index is 12.0. The second-order valence-electron chi connectivity index (χ2n) is 6.11. The van der Waals surface area contributed by atoms with Gasteiger partial charge in [0, 0.05) is 22.4 Å². The molecule has 6 heteroatoms. The van der Waals surface area contributed by atoms with Gasteiger partial charge in [0.15, 0.2) is 0 Å². The van der Waals surface area contributed by atoms with E-state index in [1.165, 1.54) is 12.4 Å². The van der Waals surface area contributed by atoms with E-state index in [0.29, 0.717) is 11.5 Å². The largest absolute Gasteiger partial charge is 0.347 e. The van der Waals surface area contributed by atoms with Gasteiger partial charge in [0.1, 0.15) is 0 Å². The summed E-state index contributed by atoms with van der Waals surface area (Å²) in [6, 6.07) is 5.95. The van der Waals surface area contributed by atoms with Gasteiger partial charge in [-0.05, 0) is 61.3 Å². The Kier molecular flexibility index (Phi) is 4.81. The summed E-state index contributed by atoms with van der Waals surface area (Å²) >= 11 is 3.49. The van der Waals surface area contributed by atoms with Crippen molar-refractivity contribution in [1.29, 1.82) is 0 Å². The Hall–Kier alpha value is -1.95. The molecule has 0 fully saturated rings. The number of rotatable bonds is 3. The van der Waals surface area contributed by atoms with Gasteiger partial charge in [-0.3, -0.25) is 4.79 Å². The van der Waals surface area contributed by atoms with E-state index in [0.717, 1.165) is 15.7 Å². The van der Waals surface area contributed by atoms with Crippen molar-refractivity contribution in [2.75, 3.05) is 5.32 Å². The first kappa shape index (κ1) is 16.4. The molecule has 0 aliphatic heterocycles. The quantitative estimate of drug-likeness (QED) is 0.870. The molecule has 0 saturated carbocycles. The molecular formula is C16H19BrN4O. The molecule has 0 atom stereocenters. The normalized spacial score (nSPS) is 11.1. The Balaban J connectivity index is 2.10. The zero-order valence-corrected chi connectivity index (χ0v) is 14.7. The number of carbonyl (C=O) groups is 1. The highest BCUT2D eigenvalue weighted by molar-refractivity contribution is 9.10. The van der Waals surface area contributed by atoms with Gasteiger partial charge in [-0.15, -0.1) is 0 Å². The average molecular weight is 363 g/mol. The first-order valence-electron chi connectivity index (χ1n) is 6.92. The van der Waals surface area contributed by atoms with E-state index in [1.807, 2.05) is 45.9 Å². The van der Waals surface area contributed by atoms with E-state index in [1.54, 1.807) is 0 Å². The number of anilines is 2. The van der Waals surface area contributed by atoms with Crippen LogP contribution in [0.5, 0.6) is 0 Å². The van der Waals surface area contributed by atoms with Crippen molar-refractivity contribution in [2.45, 2.75) is 33.2 Å². The molecule has 1 heterocycles. The number of benzene rings is 1. The van der Waals surface area contributed by atoms with Gasteiger partial charge >= 0.3 is 0 Å². The molecule has 2 N–H and O–H groups in total. The molecule has 0 spiro atoms. The molecule has 0 unspecified atom stereocenters. The lowest BCUT2D eigenvalue weighted by atomic mass is 10.1. The number of hydrogen-bond acceptors (Lipinski definition) is 4. The van der Waals surface area contributed by atoms with Crippen LogP contribution in [0.15, 0.2) is 35.1 Å². The lowest BCUT2D eigenvalue weighted by Gasteiger charge is -2.20. The standard InChI is InChI=1S/C16H19BrN4O/c1-10-5-6-13(12(17)7-10)20-15-18-8-11(9-19-15)14(22)21-16(2,3)4/h5-9H,1-4H3,(H,21,22)(H,18,19,20). The van der Waals surface area contributed by atoms with E-state index in [2.05, 4.69) is 36.5 Å². The highest BCUT2D eigenvalue weighted by atomic mass is 79.9. The minimum Gasteiger partial charge on any atom is -0.347 e. The Morgan fingerprint density at radius 2 is 1.82 bits per heavy atom. The predicted octanol–water partition coefficient (Wildman–Crippen LogP) is 3.82. The number of amides is 1. The highest BCUT2D eigenvalue weighted by Crippen LogP contribution is 2.25. The van der Waals surface area contributed by atoms with Gasteiger partial charge < -0.3 is 10.6 Å². The molecule has 2 rings (SSSR count). The zero-order chi connectivity index (χ0) is 16.3. The summed E-state index contributed by atoms with van der Waals surface area (Å²) in [5, 5.41) is 5.99. The zero-order valence-electron chi connectivity index (χ0n) is 13.1. The third-order valence-corrected chi connectivity index (χ3v) is 3.43. The molecule has 0 saturated heterocycles. The summed E-state index contributed by atoms with van der Waals surface area (Å²) in [4.78, 5) is 20.4. The molecule has 0 aliphatic carbocycles. The van der Waals surface area contributed by atoms with Crippen molar-refractivity contribution >= 4 is 33.5 Å². The van der Waals surface area contributed by atoms with Gasteiger partial charge in [0.2, 0.25) is 5.95 Å². The molecule has 2 aromatic rings. The topological polar surface area (TPSA) is 66.9 Å². The third kappa shape index (κ3) is 4.53. The van der Waals surface area contributed by atoms with E-state index in [-0.39, 0.29) is 11.4 Å². The number of nitrogens with zero attached hydrogens (tertiary/aromatic N) is 2. The first-order valence-corrected chi connectivity index (χ1v) is 7.72. The number of aryl methyl sites for hydroxylation is 1. The second-order valence-corrected chi connectivity index (χ2v) is 6.96. The Bertz CT molecular complexity index is 678. The molecule has 1 aromatic heterocycles. The molecule has 116 valence electrons. The molecule has 0 aliphatic rings. The van der Waals surface area contributed by atoms with E-state index >= 15 is 0 Å². The average Bonchev–Trinajstić information content (AvgIpc) is 2.41. The van der Waals surface area contributed by atoms with E-state index in [9.17, 15) is 4.79 Å². The van der Waals surface area contributed by atoms with E-state index in [4.69, 9.17) is 0 Å². The lowest BCUT2D eigenvalue weighted by molar-refractivity contribution is 0.0919. The number of nitrogens with one attached hydrogen (secondary N) is 2. The fourth-order valence-electron chi connectivity index (χ4n) is 1.76. The van der Waals surface area contributed by atoms with Crippen LogP contribution < -0.4 is 10.6 Å². The van der Waals surface area contributed by atoms with Crippen molar-refractivity contribution in [2.24, 2.45) is 0 Å². The predicted molar refractivity (Wildman–Crippen MR) is 91.4 cm³/mol. The summed E-state index contributed by atoms with van der Waals surface area (Å²) in [7, 11) is 0. The Morgan fingerprint density at radius 1 is 1.18 bits per heavy atom. The highest BCUT2D eigenvalue weighted by Gasteiger charge is 2.15. The Labute approximate surface area is 138 Å². The maximum Gasteiger partial charge on any atom is 0.254 e. The lowest BCUT2D eigenvalue weighted by Crippen LogP contribution is -2.40. The summed E-state index contributed by atoms with van der Waals surface area (Å²) in [5.74, 6) is 0.257. The summed E-state index contributed by atoms with van der Waals surface area (Å²) in [6.07, 6.45) is 3.02. The van der Waals surface area contributed by atoms with Crippen LogP contribution >= 0.6 is 15.9 Å². The van der Waals surface area contributed by atoms with Crippen LogP contribution in [0.25, 0.3) is 0 Å². The summed E-state index contributed by atoms with van der Waals surface area (Å²) < 4.78 is 0.936. The minimum atomic E-state index is -0.291. The molecule has 0 radical (unpaired) electrons. The van der Waals surface area contributed by atoms with E-state index < -0.39 is 0 Å². The number of aromatic nitrogens is 2. The van der Waals surface area contributed by atoms with Crippen LogP contribution in [0, 0.1) is 6.92 Å². The minimum absolute atomic E-state index is 0.185. The second kappa shape index (κ2) is 6.44. The molecule has 1 aromatic carbocycles. The number of carbonyl (C=O) groups excluding carboxylic acids is 1. The molecular weight excluding hydrogens is 344 g/mol. The Morgan fingerprint density at radius 3 is 2.36 bits per heavy atom. The van der Waals surface area contributed by atoms with Gasteiger partial charge in [0.05, 0.1) is 11.3 Å².